The second kappa shape index (κ2) is 10.2. The lowest BCUT2D eigenvalue weighted by Gasteiger charge is -2.36. The van der Waals surface area contributed by atoms with Gasteiger partial charge in [-0.3, -0.25) is 19.8 Å². The fraction of sp³-hybridized carbons (Fsp3) is 0.350. The molecule has 1 aliphatic heterocycles. The van der Waals surface area contributed by atoms with Crippen molar-refractivity contribution in [2.45, 2.75) is 13.0 Å². The average molecular weight is 421 g/mol. The van der Waals surface area contributed by atoms with Crippen LogP contribution in [0.1, 0.15) is 17.2 Å². The zero-order chi connectivity index (χ0) is 20.1. The van der Waals surface area contributed by atoms with Crippen LogP contribution in [-0.2, 0) is 4.79 Å². The van der Waals surface area contributed by atoms with E-state index in [1.807, 2.05) is 24.3 Å². The van der Waals surface area contributed by atoms with Crippen molar-refractivity contribution in [1.29, 1.82) is 0 Å². The lowest BCUT2D eigenvalue weighted by Crippen LogP contribution is -2.48. The normalized spacial score (nSPS) is 16.6. The largest absolute Gasteiger partial charge is 0.496 e. The van der Waals surface area contributed by atoms with Gasteiger partial charge in [0.25, 0.3) is 5.69 Å². The van der Waals surface area contributed by atoms with Gasteiger partial charge in [0.15, 0.2) is 0 Å². The molecular weight excluding hydrogens is 396 g/mol. The molecule has 0 radical (unpaired) electrons. The van der Waals surface area contributed by atoms with E-state index in [2.05, 4.69) is 15.5 Å². The molecule has 1 unspecified atom stereocenters. The summed E-state index contributed by atoms with van der Waals surface area (Å²) in [5.74, 6) is 0.645. The van der Waals surface area contributed by atoms with Crippen LogP contribution in [0.5, 0.6) is 5.75 Å². The number of ether oxygens (including phenoxy) is 1. The molecule has 2 aromatic rings. The van der Waals surface area contributed by atoms with Crippen LogP contribution in [-0.4, -0.2) is 49.0 Å². The molecule has 3 rings (SSSR count). The van der Waals surface area contributed by atoms with Crippen LogP contribution in [0.3, 0.4) is 0 Å². The van der Waals surface area contributed by atoms with Gasteiger partial charge in [0.1, 0.15) is 5.75 Å². The summed E-state index contributed by atoms with van der Waals surface area (Å²) in [4.78, 5) is 25.2. The van der Waals surface area contributed by atoms with Crippen LogP contribution < -0.4 is 15.4 Å². The Morgan fingerprint density at radius 2 is 2.10 bits per heavy atom. The quantitative estimate of drug-likeness (QED) is 0.551. The molecule has 0 spiro atoms. The topological polar surface area (TPSA) is 96.7 Å². The molecule has 1 fully saturated rings. The number of methoxy groups -OCH3 is 1. The van der Waals surface area contributed by atoms with Crippen molar-refractivity contribution in [2.75, 3.05) is 38.6 Å². The van der Waals surface area contributed by atoms with E-state index in [1.165, 1.54) is 12.1 Å². The number of hydrogen-bond donors (Lipinski definition) is 2. The van der Waals surface area contributed by atoms with Crippen molar-refractivity contribution < 1.29 is 14.5 Å². The lowest BCUT2D eigenvalue weighted by molar-refractivity contribution is -0.384. The summed E-state index contributed by atoms with van der Waals surface area (Å²) in [5, 5.41) is 17.1. The molecule has 0 saturated carbocycles. The molecule has 156 valence electrons. The van der Waals surface area contributed by atoms with Crippen LogP contribution >= 0.6 is 12.4 Å². The Bertz CT molecular complexity index is 877. The van der Waals surface area contributed by atoms with Crippen LogP contribution in [0.2, 0.25) is 0 Å². The Morgan fingerprint density at radius 3 is 2.79 bits per heavy atom. The summed E-state index contributed by atoms with van der Waals surface area (Å²) in [6.45, 7) is 4.22. The summed E-state index contributed by atoms with van der Waals surface area (Å²) >= 11 is 0. The minimum atomic E-state index is -0.447. The highest BCUT2D eigenvalue weighted by atomic mass is 35.5. The molecule has 1 saturated heterocycles. The maximum atomic E-state index is 12.6. The molecule has 8 nitrogen and oxygen atoms in total. The summed E-state index contributed by atoms with van der Waals surface area (Å²) in [7, 11) is 1.64. The predicted octanol–water partition coefficient (Wildman–Crippen LogP) is 2.92. The van der Waals surface area contributed by atoms with Crippen LogP contribution in [0.15, 0.2) is 42.5 Å². The van der Waals surface area contributed by atoms with Gasteiger partial charge < -0.3 is 15.4 Å². The van der Waals surface area contributed by atoms with E-state index in [-0.39, 0.29) is 36.6 Å². The monoisotopic (exact) mass is 420 g/mol. The first kappa shape index (κ1) is 22.6. The number of nitro groups is 1. The van der Waals surface area contributed by atoms with Crippen LogP contribution in [0, 0.1) is 17.0 Å². The first-order valence-electron chi connectivity index (χ1n) is 9.12. The highest BCUT2D eigenvalue weighted by Crippen LogP contribution is 2.30. The first-order chi connectivity index (χ1) is 13.5. The van der Waals surface area contributed by atoms with E-state index in [0.717, 1.165) is 30.9 Å². The highest BCUT2D eigenvalue weighted by Gasteiger charge is 2.27. The van der Waals surface area contributed by atoms with Gasteiger partial charge in [-0.2, -0.15) is 0 Å². The van der Waals surface area contributed by atoms with Gasteiger partial charge in [-0.25, -0.2) is 0 Å². The number of nitro benzene ring substituents is 1. The van der Waals surface area contributed by atoms with Crippen molar-refractivity contribution in [3.8, 4) is 5.75 Å². The Morgan fingerprint density at radius 1 is 1.34 bits per heavy atom. The summed E-state index contributed by atoms with van der Waals surface area (Å²) in [6, 6.07) is 12.3. The highest BCUT2D eigenvalue weighted by molar-refractivity contribution is 5.93. The van der Waals surface area contributed by atoms with Crippen molar-refractivity contribution in [3.63, 3.8) is 0 Å². The molecule has 2 N–H and O–H groups in total. The number of benzene rings is 2. The van der Waals surface area contributed by atoms with Gasteiger partial charge >= 0.3 is 0 Å². The predicted molar refractivity (Wildman–Crippen MR) is 114 cm³/mol. The average Bonchev–Trinajstić information content (AvgIpc) is 2.69. The van der Waals surface area contributed by atoms with E-state index in [4.69, 9.17) is 4.74 Å². The number of nitrogens with one attached hydrogen (secondary N) is 2. The van der Waals surface area contributed by atoms with E-state index in [1.54, 1.807) is 20.1 Å². The minimum absolute atomic E-state index is 0. The molecule has 9 heteroatoms. The summed E-state index contributed by atoms with van der Waals surface area (Å²) in [6.07, 6.45) is 0. The standard InChI is InChI=1S/C20H24N4O4.ClH/c1-14-11-15(24(26)27)7-8-17(14)22-20(25)13-23-10-9-21-12-18(23)16-5-3-4-6-19(16)28-2;/h3-8,11,18,21H,9-10,12-13H2,1-2H3,(H,22,25);1H. The molecule has 29 heavy (non-hydrogen) atoms. The zero-order valence-corrected chi connectivity index (χ0v) is 17.2. The summed E-state index contributed by atoms with van der Waals surface area (Å²) in [5.41, 5.74) is 2.29. The number of piperazine rings is 1. The number of aryl methyl sites for hydroxylation is 1. The van der Waals surface area contributed by atoms with Crippen LogP contribution in [0.4, 0.5) is 11.4 Å². The Labute approximate surface area is 175 Å². The molecule has 2 aromatic carbocycles. The molecule has 1 atom stereocenters. The molecule has 0 aliphatic carbocycles. The minimum Gasteiger partial charge on any atom is -0.496 e. The van der Waals surface area contributed by atoms with E-state index in [0.29, 0.717) is 11.3 Å². The molecule has 1 heterocycles. The zero-order valence-electron chi connectivity index (χ0n) is 16.4. The lowest BCUT2D eigenvalue weighted by atomic mass is 10.0. The van der Waals surface area contributed by atoms with Crippen molar-refractivity contribution in [3.05, 3.63) is 63.7 Å². The SMILES string of the molecule is COc1ccccc1C1CNCCN1CC(=O)Nc1ccc([N+](=O)[O-])cc1C.Cl. The molecule has 1 aliphatic rings. The number of rotatable bonds is 6. The molecule has 0 aromatic heterocycles. The Kier molecular flexibility index (Phi) is 7.95. The fourth-order valence-corrected chi connectivity index (χ4v) is 3.46. The van der Waals surface area contributed by atoms with Crippen molar-refractivity contribution >= 4 is 29.7 Å². The number of nitrogens with zero attached hydrogens (tertiary/aromatic N) is 2. The van der Waals surface area contributed by atoms with Gasteiger partial charge in [-0.05, 0) is 24.6 Å². The first-order valence-corrected chi connectivity index (χ1v) is 9.12. The molecule has 1 amide bonds. The van der Waals surface area contributed by atoms with Crippen LogP contribution in [0.25, 0.3) is 0 Å². The maximum Gasteiger partial charge on any atom is 0.269 e. The number of halogens is 1. The number of non-ortho nitro benzene ring substituents is 1. The number of para-hydroxylation sites is 1. The van der Waals surface area contributed by atoms with E-state index < -0.39 is 4.92 Å². The van der Waals surface area contributed by atoms with E-state index in [9.17, 15) is 14.9 Å². The Balaban J connectivity index is 0.00000300. The second-order valence-electron chi connectivity index (χ2n) is 6.74. The number of carbonyl (C=O) groups excluding carboxylic acids is 1. The number of carbonyl (C=O) groups is 1. The van der Waals surface area contributed by atoms with Gasteiger partial charge in [-0.15, -0.1) is 12.4 Å². The smallest absolute Gasteiger partial charge is 0.269 e. The number of amides is 1. The van der Waals surface area contributed by atoms with Gasteiger partial charge in [-0.1, -0.05) is 18.2 Å². The third-order valence-corrected chi connectivity index (χ3v) is 4.89. The van der Waals surface area contributed by atoms with E-state index >= 15 is 0 Å². The maximum absolute atomic E-state index is 12.6. The molecular formula is C20H25ClN4O4. The Hall–Kier alpha value is -2.68. The number of hydrogen-bond acceptors (Lipinski definition) is 6. The van der Waals surface area contributed by atoms with Gasteiger partial charge in [0, 0.05) is 43.0 Å². The van der Waals surface area contributed by atoms with Gasteiger partial charge in [0.2, 0.25) is 5.91 Å². The third kappa shape index (κ3) is 5.44. The number of anilines is 1. The second-order valence-corrected chi connectivity index (χ2v) is 6.74. The van der Waals surface area contributed by atoms with Crippen molar-refractivity contribution in [2.24, 2.45) is 0 Å². The molecule has 0 bridgehead atoms. The van der Waals surface area contributed by atoms with Gasteiger partial charge in [0.05, 0.1) is 24.6 Å². The fourth-order valence-electron chi connectivity index (χ4n) is 3.46. The van der Waals surface area contributed by atoms with Crippen molar-refractivity contribution in [1.82, 2.24) is 10.2 Å². The third-order valence-electron chi connectivity index (χ3n) is 4.89. The summed E-state index contributed by atoms with van der Waals surface area (Å²) < 4.78 is 5.48.